The normalized spacial score (nSPS) is 14.5. The molecule has 230 valence electrons. The van der Waals surface area contributed by atoms with Crippen molar-refractivity contribution in [2.75, 3.05) is 18.0 Å². The quantitative estimate of drug-likeness (QED) is 0.309. The molecule has 2 amide bonds. The van der Waals surface area contributed by atoms with Crippen LogP contribution < -0.4 is 14.4 Å². The van der Waals surface area contributed by atoms with E-state index in [9.17, 15) is 22.4 Å². The third-order valence-corrected chi connectivity index (χ3v) is 9.68. The van der Waals surface area contributed by atoms with Gasteiger partial charge < -0.3 is 15.0 Å². The van der Waals surface area contributed by atoms with E-state index in [0.29, 0.717) is 0 Å². The minimum atomic E-state index is -4.27. The Balaban J connectivity index is 1.74. The standard InChI is InChI=1S/C33H40FN3O5S/c1-23-14-17-28(18-15-23)43(40,41)37(30-20-24(2)16-19-31(30)42-4)22-32(38)36(21-26-10-8-9-13-29(26)34)25(3)33(39)35-27-11-6-5-7-12-27/h8-10,13-20,25,27H,5-7,11-12,21-22H2,1-4H3,(H,35,39)/t25-/m1/s1. The Kier molecular flexibility index (Phi) is 10.4. The van der Waals surface area contributed by atoms with Gasteiger partial charge in [-0.15, -0.1) is 0 Å². The molecule has 4 rings (SSSR count). The summed E-state index contributed by atoms with van der Waals surface area (Å²) in [4.78, 5) is 28.9. The monoisotopic (exact) mass is 609 g/mol. The van der Waals surface area contributed by atoms with Crippen molar-refractivity contribution in [3.05, 3.63) is 89.2 Å². The summed E-state index contributed by atoms with van der Waals surface area (Å²) >= 11 is 0. The predicted molar refractivity (Wildman–Crippen MR) is 165 cm³/mol. The molecule has 0 heterocycles. The number of carbonyl (C=O) groups is 2. The first-order valence-electron chi connectivity index (χ1n) is 14.6. The van der Waals surface area contributed by atoms with Gasteiger partial charge in [0.1, 0.15) is 24.2 Å². The van der Waals surface area contributed by atoms with E-state index in [0.717, 1.165) is 47.5 Å². The molecule has 1 atom stereocenters. The molecule has 0 saturated heterocycles. The highest BCUT2D eigenvalue weighted by Crippen LogP contribution is 2.34. The van der Waals surface area contributed by atoms with Crippen LogP contribution in [-0.2, 0) is 26.2 Å². The van der Waals surface area contributed by atoms with Crippen LogP contribution in [0, 0.1) is 19.7 Å². The Morgan fingerprint density at radius 3 is 2.28 bits per heavy atom. The number of ether oxygens (including phenoxy) is 1. The second-order valence-corrected chi connectivity index (χ2v) is 13.0. The summed E-state index contributed by atoms with van der Waals surface area (Å²) in [5.41, 5.74) is 2.04. The van der Waals surface area contributed by atoms with Crippen LogP contribution in [0.15, 0.2) is 71.6 Å². The Labute approximate surface area is 253 Å². The van der Waals surface area contributed by atoms with Crippen molar-refractivity contribution >= 4 is 27.5 Å². The van der Waals surface area contributed by atoms with Gasteiger partial charge in [0.05, 0.1) is 17.7 Å². The van der Waals surface area contributed by atoms with Crippen LogP contribution in [0.2, 0.25) is 0 Å². The lowest BCUT2D eigenvalue weighted by molar-refractivity contribution is -0.139. The molecule has 0 spiro atoms. The molecule has 43 heavy (non-hydrogen) atoms. The molecule has 0 aliphatic heterocycles. The van der Waals surface area contributed by atoms with Crippen molar-refractivity contribution < 1.29 is 27.1 Å². The zero-order valence-corrected chi connectivity index (χ0v) is 26.0. The van der Waals surface area contributed by atoms with Crippen LogP contribution in [0.5, 0.6) is 5.75 Å². The fourth-order valence-corrected chi connectivity index (χ4v) is 6.72. The first-order valence-corrected chi connectivity index (χ1v) is 16.0. The minimum absolute atomic E-state index is 0.00166. The highest BCUT2D eigenvalue weighted by atomic mass is 32.2. The Morgan fingerprint density at radius 2 is 1.63 bits per heavy atom. The van der Waals surface area contributed by atoms with E-state index in [1.54, 1.807) is 55.5 Å². The lowest BCUT2D eigenvalue weighted by Crippen LogP contribution is -2.53. The number of anilines is 1. The van der Waals surface area contributed by atoms with Crippen molar-refractivity contribution in [2.45, 2.75) is 76.4 Å². The topological polar surface area (TPSA) is 96.0 Å². The van der Waals surface area contributed by atoms with Crippen molar-refractivity contribution in [2.24, 2.45) is 0 Å². The number of sulfonamides is 1. The molecule has 0 unspecified atom stereocenters. The number of carbonyl (C=O) groups excluding carboxylic acids is 2. The second-order valence-electron chi connectivity index (χ2n) is 11.1. The van der Waals surface area contributed by atoms with Gasteiger partial charge in [0.2, 0.25) is 11.8 Å². The van der Waals surface area contributed by atoms with E-state index in [2.05, 4.69) is 5.32 Å². The van der Waals surface area contributed by atoms with Gasteiger partial charge >= 0.3 is 0 Å². The molecule has 1 saturated carbocycles. The van der Waals surface area contributed by atoms with Crippen LogP contribution in [0.3, 0.4) is 0 Å². The number of hydrogen-bond acceptors (Lipinski definition) is 5. The van der Waals surface area contributed by atoms with E-state index in [-0.39, 0.29) is 40.4 Å². The van der Waals surface area contributed by atoms with Gasteiger partial charge in [-0.3, -0.25) is 13.9 Å². The van der Waals surface area contributed by atoms with Crippen LogP contribution >= 0.6 is 0 Å². The molecule has 3 aromatic rings. The third kappa shape index (κ3) is 7.73. The zero-order chi connectivity index (χ0) is 31.1. The molecule has 1 N–H and O–H groups in total. The number of nitrogens with one attached hydrogen (secondary N) is 1. The maximum atomic E-state index is 14.8. The Hall–Kier alpha value is -3.92. The third-order valence-electron chi connectivity index (χ3n) is 7.91. The minimum Gasteiger partial charge on any atom is -0.495 e. The van der Waals surface area contributed by atoms with Gasteiger partial charge in [0.15, 0.2) is 0 Å². The predicted octanol–water partition coefficient (Wildman–Crippen LogP) is 5.51. The molecular formula is C33H40FN3O5S. The van der Waals surface area contributed by atoms with Gasteiger partial charge in [-0.1, -0.05) is 61.2 Å². The smallest absolute Gasteiger partial charge is 0.264 e. The SMILES string of the molecule is COc1ccc(C)cc1N(CC(=O)N(Cc1ccccc1F)[C@H](C)C(=O)NC1CCCCC1)S(=O)(=O)c1ccc(C)cc1. The summed E-state index contributed by atoms with van der Waals surface area (Å²) in [5.74, 6) is -1.28. The molecule has 0 aromatic heterocycles. The van der Waals surface area contributed by atoms with Crippen molar-refractivity contribution in [3.63, 3.8) is 0 Å². The molecule has 1 aliphatic carbocycles. The summed E-state index contributed by atoms with van der Waals surface area (Å²) in [5, 5.41) is 3.05. The summed E-state index contributed by atoms with van der Waals surface area (Å²) in [7, 11) is -2.84. The lowest BCUT2D eigenvalue weighted by atomic mass is 9.95. The first-order chi connectivity index (χ1) is 20.5. The maximum absolute atomic E-state index is 14.8. The highest BCUT2D eigenvalue weighted by Gasteiger charge is 2.34. The van der Waals surface area contributed by atoms with Gasteiger partial charge in [-0.25, -0.2) is 12.8 Å². The molecule has 0 bridgehead atoms. The average molecular weight is 610 g/mol. The largest absolute Gasteiger partial charge is 0.495 e. The molecule has 3 aromatic carbocycles. The van der Waals surface area contributed by atoms with Crippen LogP contribution in [0.1, 0.15) is 55.7 Å². The number of aryl methyl sites for hydroxylation is 2. The van der Waals surface area contributed by atoms with Crippen molar-refractivity contribution in [1.82, 2.24) is 10.2 Å². The summed E-state index contributed by atoms with van der Waals surface area (Å²) in [6, 6.07) is 16.5. The van der Waals surface area contributed by atoms with Crippen molar-refractivity contribution in [1.29, 1.82) is 0 Å². The summed E-state index contributed by atoms with van der Waals surface area (Å²) in [6.07, 6.45) is 4.86. The molecule has 8 nitrogen and oxygen atoms in total. The fraction of sp³-hybridized carbons (Fsp3) is 0.394. The molecule has 10 heteroatoms. The van der Waals surface area contributed by atoms with Crippen LogP contribution in [-0.4, -0.2) is 50.9 Å². The van der Waals surface area contributed by atoms with Gasteiger partial charge in [0, 0.05) is 18.2 Å². The first kappa shape index (κ1) is 32.0. The molecular weight excluding hydrogens is 569 g/mol. The Bertz CT molecular complexity index is 1540. The number of benzene rings is 3. The Morgan fingerprint density at radius 1 is 0.977 bits per heavy atom. The number of hydrogen-bond donors (Lipinski definition) is 1. The number of nitrogens with zero attached hydrogens (tertiary/aromatic N) is 2. The molecule has 0 radical (unpaired) electrons. The molecule has 1 aliphatic rings. The molecule has 1 fully saturated rings. The average Bonchev–Trinajstić information content (AvgIpc) is 2.99. The lowest BCUT2D eigenvalue weighted by Gasteiger charge is -2.33. The van der Waals surface area contributed by atoms with Gasteiger partial charge in [0.25, 0.3) is 10.0 Å². The van der Waals surface area contributed by atoms with Crippen LogP contribution in [0.25, 0.3) is 0 Å². The second kappa shape index (κ2) is 14.0. The van der Waals surface area contributed by atoms with E-state index >= 15 is 0 Å². The highest BCUT2D eigenvalue weighted by molar-refractivity contribution is 7.92. The van der Waals surface area contributed by atoms with E-state index in [4.69, 9.17) is 4.74 Å². The summed E-state index contributed by atoms with van der Waals surface area (Å²) in [6.45, 7) is 4.40. The maximum Gasteiger partial charge on any atom is 0.264 e. The van der Waals surface area contributed by atoms with Gasteiger partial charge in [-0.05, 0) is 69.5 Å². The summed E-state index contributed by atoms with van der Waals surface area (Å²) < 4.78 is 49.6. The number of rotatable bonds is 11. The van der Waals surface area contributed by atoms with E-state index in [1.807, 2.05) is 13.8 Å². The number of methoxy groups -OCH3 is 1. The van der Waals surface area contributed by atoms with Crippen LogP contribution in [0.4, 0.5) is 10.1 Å². The fourth-order valence-electron chi connectivity index (χ4n) is 5.31. The number of amides is 2. The van der Waals surface area contributed by atoms with E-state index < -0.39 is 34.3 Å². The zero-order valence-electron chi connectivity index (χ0n) is 25.2. The number of halogens is 1. The van der Waals surface area contributed by atoms with Gasteiger partial charge in [-0.2, -0.15) is 0 Å². The van der Waals surface area contributed by atoms with Crippen molar-refractivity contribution in [3.8, 4) is 5.75 Å². The van der Waals surface area contributed by atoms with E-state index in [1.165, 1.54) is 30.2 Å².